The topological polar surface area (TPSA) is 12.0 Å². The van der Waals surface area contributed by atoms with Gasteiger partial charge in [0.25, 0.3) is 0 Å². The van der Waals surface area contributed by atoms with Gasteiger partial charge in [-0.25, -0.2) is 0 Å². The third-order valence-electron chi connectivity index (χ3n) is 4.05. The van der Waals surface area contributed by atoms with Gasteiger partial charge in [-0.2, -0.15) is 0 Å². The fourth-order valence-corrected chi connectivity index (χ4v) is 3.25. The Morgan fingerprint density at radius 2 is 1.52 bits per heavy atom. The summed E-state index contributed by atoms with van der Waals surface area (Å²) < 4.78 is 0. The summed E-state index contributed by atoms with van der Waals surface area (Å²) in [4.78, 5) is 0. The van der Waals surface area contributed by atoms with Crippen molar-refractivity contribution >= 4 is 5.69 Å². The second-order valence-corrected chi connectivity index (χ2v) is 6.13. The van der Waals surface area contributed by atoms with Gasteiger partial charge in [-0.15, -0.1) is 0 Å². The minimum atomic E-state index is 0.322. The Balaban J connectivity index is 2.16. The van der Waals surface area contributed by atoms with Crippen LogP contribution in [-0.2, 0) is 6.42 Å². The zero-order chi connectivity index (χ0) is 15.4. The van der Waals surface area contributed by atoms with Crippen LogP contribution in [0.2, 0.25) is 0 Å². The largest absolute Gasteiger partial charge is 0.379 e. The normalized spacial score (nSPS) is 12.2. The Kier molecular flexibility index (Phi) is 5.06. The lowest BCUT2D eigenvalue weighted by Crippen LogP contribution is -2.10. The molecule has 1 N–H and O–H groups in total. The van der Waals surface area contributed by atoms with Crippen LogP contribution < -0.4 is 5.32 Å². The van der Waals surface area contributed by atoms with Gasteiger partial charge in [-0.1, -0.05) is 43.2 Å². The summed E-state index contributed by atoms with van der Waals surface area (Å²) in [5.41, 5.74) is 8.11. The van der Waals surface area contributed by atoms with Gasteiger partial charge in [0.1, 0.15) is 0 Å². The van der Waals surface area contributed by atoms with E-state index >= 15 is 0 Å². The van der Waals surface area contributed by atoms with Crippen LogP contribution in [0.15, 0.2) is 36.4 Å². The maximum absolute atomic E-state index is 3.63. The van der Waals surface area contributed by atoms with E-state index in [1.807, 2.05) is 0 Å². The minimum Gasteiger partial charge on any atom is -0.379 e. The number of nitrogens with one attached hydrogen (secondary N) is 1. The van der Waals surface area contributed by atoms with Gasteiger partial charge in [-0.05, 0) is 68.5 Å². The quantitative estimate of drug-likeness (QED) is 0.737. The van der Waals surface area contributed by atoms with E-state index in [1.54, 1.807) is 0 Å². The zero-order valence-electron chi connectivity index (χ0n) is 14.0. The van der Waals surface area contributed by atoms with Crippen molar-refractivity contribution in [1.82, 2.24) is 0 Å². The fourth-order valence-electron chi connectivity index (χ4n) is 3.25. The summed E-state index contributed by atoms with van der Waals surface area (Å²) in [5.74, 6) is 0. The van der Waals surface area contributed by atoms with Gasteiger partial charge in [0.05, 0.1) is 0 Å². The Hall–Kier alpha value is -1.76. The lowest BCUT2D eigenvalue weighted by atomic mass is 9.94. The molecule has 2 aromatic rings. The van der Waals surface area contributed by atoms with Crippen LogP contribution in [-0.4, -0.2) is 0 Å². The highest BCUT2D eigenvalue weighted by molar-refractivity contribution is 5.49. The molecule has 0 aromatic heterocycles. The van der Waals surface area contributed by atoms with Crippen molar-refractivity contribution in [1.29, 1.82) is 0 Å². The smallest absolute Gasteiger partial charge is 0.0490 e. The van der Waals surface area contributed by atoms with E-state index in [9.17, 15) is 0 Å². The summed E-state index contributed by atoms with van der Waals surface area (Å²) in [6.07, 6.45) is 2.36. The number of hydrogen-bond acceptors (Lipinski definition) is 1. The number of anilines is 1. The van der Waals surface area contributed by atoms with E-state index in [-0.39, 0.29) is 0 Å². The molecule has 0 fully saturated rings. The van der Waals surface area contributed by atoms with E-state index < -0.39 is 0 Å². The van der Waals surface area contributed by atoms with Crippen LogP contribution in [0, 0.1) is 20.8 Å². The lowest BCUT2D eigenvalue weighted by Gasteiger charge is -2.21. The maximum atomic E-state index is 3.63. The van der Waals surface area contributed by atoms with Crippen LogP contribution in [0.4, 0.5) is 5.69 Å². The predicted octanol–water partition coefficient (Wildman–Crippen LogP) is 5.74. The van der Waals surface area contributed by atoms with E-state index in [1.165, 1.54) is 39.9 Å². The summed E-state index contributed by atoms with van der Waals surface area (Å²) in [6, 6.07) is 13.7. The first-order valence-electron chi connectivity index (χ1n) is 7.94. The van der Waals surface area contributed by atoms with Crippen LogP contribution >= 0.6 is 0 Å². The van der Waals surface area contributed by atoms with Gasteiger partial charge in [-0.3, -0.25) is 0 Å². The lowest BCUT2D eigenvalue weighted by molar-refractivity contribution is 0.861. The molecule has 1 atom stereocenters. The third-order valence-corrected chi connectivity index (χ3v) is 4.05. The molecule has 0 saturated heterocycles. The molecule has 0 radical (unpaired) electrons. The van der Waals surface area contributed by atoms with Crippen LogP contribution in [0.25, 0.3) is 0 Å². The molecular weight excluding hydrogens is 254 g/mol. The molecule has 0 saturated carbocycles. The molecule has 1 heteroatoms. The van der Waals surface area contributed by atoms with Gasteiger partial charge in [0.15, 0.2) is 0 Å². The number of rotatable bonds is 5. The van der Waals surface area contributed by atoms with E-state index in [2.05, 4.69) is 76.3 Å². The van der Waals surface area contributed by atoms with Crippen molar-refractivity contribution in [3.63, 3.8) is 0 Å². The van der Waals surface area contributed by atoms with Crippen molar-refractivity contribution in [2.45, 2.75) is 53.5 Å². The second-order valence-electron chi connectivity index (χ2n) is 6.13. The van der Waals surface area contributed by atoms with Crippen molar-refractivity contribution in [2.75, 3.05) is 5.32 Å². The molecule has 0 aliphatic carbocycles. The fraction of sp³-hybridized carbons (Fsp3) is 0.400. The Bertz CT molecular complexity index is 573. The highest BCUT2D eigenvalue weighted by Crippen LogP contribution is 2.26. The molecule has 0 spiro atoms. The van der Waals surface area contributed by atoms with E-state index in [0.717, 1.165) is 6.42 Å². The van der Waals surface area contributed by atoms with Crippen LogP contribution in [0.5, 0.6) is 0 Å². The van der Waals surface area contributed by atoms with Crippen molar-refractivity contribution in [3.05, 3.63) is 64.2 Å². The molecule has 21 heavy (non-hydrogen) atoms. The summed E-state index contributed by atoms with van der Waals surface area (Å²) in [6.45, 7) is 11.0. The molecule has 0 bridgehead atoms. The maximum Gasteiger partial charge on any atom is 0.0490 e. The first-order chi connectivity index (χ1) is 10.0. The van der Waals surface area contributed by atoms with Crippen LogP contribution in [0.3, 0.4) is 0 Å². The number of aryl methyl sites for hydroxylation is 4. The SMILES string of the molecule is CCCc1ccc(NC(C)c2c(C)cc(C)cc2C)cc1. The summed E-state index contributed by atoms with van der Waals surface area (Å²) >= 11 is 0. The molecule has 0 aliphatic heterocycles. The van der Waals surface area contributed by atoms with Crippen molar-refractivity contribution in [3.8, 4) is 0 Å². The van der Waals surface area contributed by atoms with Crippen LogP contribution in [0.1, 0.15) is 54.1 Å². The molecule has 1 unspecified atom stereocenters. The Labute approximate surface area is 129 Å². The van der Waals surface area contributed by atoms with Gasteiger partial charge in [0, 0.05) is 11.7 Å². The molecule has 2 aromatic carbocycles. The van der Waals surface area contributed by atoms with Gasteiger partial charge in [0.2, 0.25) is 0 Å². The second kappa shape index (κ2) is 6.80. The summed E-state index contributed by atoms with van der Waals surface area (Å²) in [5, 5.41) is 3.63. The van der Waals surface area contributed by atoms with Crippen molar-refractivity contribution in [2.24, 2.45) is 0 Å². The number of benzene rings is 2. The Morgan fingerprint density at radius 3 is 2.05 bits per heavy atom. The first-order valence-corrected chi connectivity index (χ1v) is 7.94. The molecule has 1 nitrogen and oxygen atoms in total. The highest BCUT2D eigenvalue weighted by atomic mass is 14.9. The van der Waals surface area contributed by atoms with Gasteiger partial charge >= 0.3 is 0 Å². The van der Waals surface area contributed by atoms with E-state index in [4.69, 9.17) is 0 Å². The average Bonchev–Trinajstić information content (AvgIpc) is 2.40. The Morgan fingerprint density at radius 1 is 0.952 bits per heavy atom. The highest BCUT2D eigenvalue weighted by Gasteiger charge is 2.11. The molecule has 0 aliphatic rings. The zero-order valence-corrected chi connectivity index (χ0v) is 14.0. The van der Waals surface area contributed by atoms with E-state index in [0.29, 0.717) is 6.04 Å². The molecule has 2 rings (SSSR count). The molecule has 0 heterocycles. The molecule has 112 valence electrons. The van der Waals surface area contributed by atoms with Gasteiger partial charge < -0.3 is 5.32 Å². The predicted molar refractivity (Wildman–Crippen MR) is 93.1 cm³/mol. The average molecular weight is 281 g/mol. The standard InChI is InChI=1S/C20H27N/c1-6-7-18-8-10-19(11-9-18)21-17(5)20-15(3)12-14(2)13-16(20)4/h8-13,17,21H,6-7H2,1-5H3. The van der Waals surface area contributed by atoms with Crippen molar-refractivity contribution < 1.29 is 0 Å². The summed E-state index contributed by atoms with van der Waals surface area (Å²) in [7, 11) is 0. The third kappa shape index (κ3) is 3.87. The molecular formula is C20H27N. The monoisotopic (exact) mass is 281 g/mol. The first kappa shape index (κ1) is 15.6. The molecule has 0 amide bonds. The number of hydrogen-bond donors (Lipinski definition) is 1. The minimum absolute atomic E-state index is 0.322.